The second-order valence-electron chi connectivity index (χ2n) is 4.69. The lowest BCUT2D eigenvalue weighted by molar-refractivity contribution is -0.138. The van der Waals surface area contributed by atoms with Crippen LogP contribution >= 0.6 is 0 Å². The molecule has 1 fully saturated rings. The average molecular weight is 242 g/mol. The fourth-order valence-corrected chi connectivity index (χ4v) is 2.24. The first kappa shape index (κ1) is 13.8. The van der Waals surface area contributed by atoms with Crippen LogP contribution in [0.15, 0.2) is 0 Å². The Labute approximate surface area is 102 Å². The molecule has 0 radical (unpaired) electrons. The number of rotatable bonds is 7. The van der Waals surface area contributed by atoms with E-state index in [1.54, 1.807) is 0 Å². The number of carboxylic acid groups (broad SMARTS) is 1. The summed E-state index contributed by atoms with van der Waals surface area (Å²) in [5.74, 6) is -0.447. The maximum Gasteiger partial charge on any atom is 0.315 e. The van der Waals surface area contributed by atoms with Gasteiger partial charge in [0.1, 0.15) is 0 Å². The molecule has 2 amide bonds. The average Bonchev–Trinajstić information content (AvgIpc) is 2.27. The second-order valence-corrected chi connectivity index (χ2v) is 4.69. The van der Waals surface area contributed by atoms with Crippen LogP contribution in [0, 0.1) is 5.92 Å². The van der Waals surface area contributed by atoms with E-state index < -0.39 is 5.97 Å². The van der Waals surface area contributed by atoms with Gasteiger partial charge in [-0.25, -0.2) is 4.79 Å². The van der Waals surface area contributed by atoms with Gasteiger partial charge in [0.2, 0.25) is 0 Å². The third kappa shape index (κ3) is 5.56. The first-order chi connectivity index (χ1) is 8.11. The van der Waals surface area contributed by atoms with Crippen LogP contribution in [0.3, 0.4) is 0 Å². The van der Waals surface area contributed by atoms with Crippen molar-refractivity contribution in [1.29, 1.82) is 0 Å². The van der Waals surface area contributed by atoms with Gasteiger partial charge in [0.15, 0.2) is 0 Å². The minimum Gasteiger partial charge on any atom is -0.481 e. The van der Waals surface area contributed by atoms with E-state index in [9.17, 15) is 9.59 Å². The standard InChI is InChI=1S/C12H22N2O3/c1-2-9(8-11(15)16)4-3-5-10-6-7-13-12(17)14-10/h9-10H,2-8H2,1H3,(H,15,16)(H2,13,14,17). The third-order valence-corrected chi connectivity index (χ3v) is 3.32. The number of nitrogens with one attached hydrogen (secondary N) is 2. The molecule has 2 atom stereocenters. The van der Waals surface area contributed by atoms with Crippen molar-refractivity contribution in [2.24, 2.45) is 5.92 Å². The zero-order valence-corrected chi connectivity index (χ0v) is 10.4. The Morgan fingerprint density at radius 3 is 2.94 bits per heavy atom. The predicted octanol–water partition coefficient (Wildman–Crippen LogP) is 1.73. The highest BCUT2D eigenvalue weighted by Crippen LogP contribution is 2.18. The molecule has 1 heterocycles. The third-order valence-electron chi connectivity index (χ3n) is 3.32. The highest BCUT2D eigenvalue weighted by atomic mass is 16.4. The van der Waals surface area contributed by atoms with Crippen LogP contribution in [-0.4, -0.2) is 29.7 Å². The molecule has 0 aromatic heterocycles. The fourth-order valence-electron chi connectivity index (χ4n) is 2.24. The van der Waals surface area contributed by atoms with Gasteiger partial charge in [0.25, 0.3) is 0 Å². The summed E-state index contributed by atoms with van der Waals surface area (Å²) in [7, 11) is 0. The van der Waals surface area contributed by atoms with Crippen LogP contribution in [0.5, 0.6) is 0 Å². The molecule has 5 nitrogen and oxygen atoms in total. The van der Waals surface area contributed by atoms with E-state index in [1.165, 1.54) is 0 Å². The maximum atomic E-state index is 11.1. The predicted molar refractivity (Wildman–Crippen MR) is 64.8 cm³/mol. The molecule has 1 saturated heterocycles. The lowest BCUT2D eigenvalue weighted by Gasteiger charge is -2.24. The van der Waals surface area contributed by atoms with Crippen molar-refractivity contribution in [2.45, 2.75) is 51.5 Å². The molecular weight excluding hydrogens is 220 g/mol. The van der Waals surface area contributed by atoms with E-state index in [0.717, 1.165) is 38.6 Å². The molecule has 0 saturated carbocycles. The van der Waals surface area contributed by atoms with Gasteiger partial charge in [-0.15, -0.1) is 0 Å². The monoisotopic (exact) mass is 242 g/mol. The number of carbonyl (C=O) groups is 2. The molecule has 0 aromatic carbocycles. The van der Waals surface area contributed by atoms with Crippen LogP contribution in [0.25, 0.3) is 0 Å². The summed E-state index contributed by atoms with van der Waals surface area (Å²) in [5, 5.41) is 14.3. The molecule has 98 valence electrons. The first-order valence-electron chi connectivity index (χ1n) is 6.38. The van der Waals surface area contributed by atoms with E-state index in [1.807, 2.05) is 6.92 Å². The van der Waals surface area contributed by atoms with Crippen LogP contribution in [0.4, 0.5) is 4.79 Å². The van der Waals surface area contributed by atoms with Crippen molar-refractivity contribution in [1.82, 2.24) is 10.6 Å². The smallest absolute Gasteiger partial charge is 0.315 e. The Balaban J connectivity index is 2.16. The van der Waals surface area contributed by atoms with E-state index in [2.05, 4.69) is 10.6 Å². The number of carbonyl (C=O) groups excluding carboxylic acids is 1. The molecule has 2 unspecified atom stereocenters. The molecule has 3 N–H and O–H groups in total. The minimum atomic E-state index is -0.716. The quantitative estimate of drug-likeness (QED) is 0.636. The normalized spacial score (nSPS) is 21.5. The number of aliphatic carboxylic acids is 1. The lowest BCUT2D eigenvalue weighted by Crippen LogP contribution is -2.49. The summed E-state index contributed by atoms with van der Waals surface area (Å²) >= 11 is 0. The van der Waals surface area contributed by atoms with Crippen molar-refractivity contribution >= 4 is 12.0 Å². The van der Waals surface area contributed by atoms with Crippen molar-refractivity contribution in [3.05, 3.63) is 0 Å². The number of amides is 2. The summed E-state index contributed by atoms with van der Waals surface area (Å²) in [6, 6.07) is 0.171. The van der Waals surface area contributed by atoms with Gasteiger partial charge in [0, 0.05) is 19.0 Å². The van der Waals surface area contributed by atoms with Crippen LogP contribution in [0.1, 0.15) is 45.4 Å². The number of urea groups is 1. The Morgan fingerprint density at radius 2 is 2.35 bits per heavy atom. The van der Waals surface area contributed by atoms with Gasteiger partial charge in [-0.05, 0) is 25.2 Å². The highest BCUT2D eigenvalue weighted by Gasteiger charge is 2.18. The fraction of sp³-hybridized carbons (Fsp3) is 0.833. The largest absolute Gasteiger partial charge is 0.481 e. The van der Waals surface area contributed by atoms with Crippen molar-refractivity contribution in [3.8, 4) is 0 Å². The molecule has 5 heteroatoms. The lowest BCUT2D eigenvalue weighted by atomic mass is 9.94. The Morgan fingerprint density at radius 1 is 1.59 bits per heavy atom. The summed E-state index contributed by atoms with van der Waals surface area (Å²) in [5.41, 5.74) is 0. The van der Waals surface area contributed by atoms with Crippen molar-refractivity contribution in [2.75, 3.05) is 6.54 Å². The van der Waals surface area contributed by atoms with Crippen LogP contribution in [-0.2, 0) is 4.79 Å². The van der Waals surface area contributed by atoms with Gasteiger partial charge in [-0.2, -0.15) is 0 Å². The molecule has 0 aliphatic carbocycles. The van der Waals surface area contributed by atoms with Crippen LogP contribution in [0.2, 0.25) is 0 Å². The number of carboxylic acids is 1. The number of hydrogen-bond acceptors (Lipinski definition) is 2. The Hall–Kier alpha value is -1.26. The van der Waals surface area contributed by atoms with Gasteiger partial charge in [-0.3, -0.25) is 4.79 Å². The molecule has 0 bridgehead atoms. The molecule has 1 rings (SSSR count). The van der Waals surface area contributed by atoms with E-state index in [-0.39, 0.29) is 24.4 Å². The van der Waals surface area contributed by atoms with Gasteiger partial charge in [0.05, 0.1) is 0 Å². The topological polar surface area (TPSA) is 78.4 Å². The first-order valence-corrected chi connectivity index (χ1v) is 6.38. The summed E-state index contributed by atoms with van der Waals surface area (Å²) in [4.78, 5) is 21.7. The van der Waals surface area contributed by atoms with E-state index in [4.69, 9.17) is 5.11 Å². The summed E-state index contributed by atoms with van der Waals surface area (Å²) in [6.45, 7) is 2.77. The zero-order chi connectivity index (χ0) is 12.7. The SMILES string of the molecule is CCC(CCCC1CCNC(=O)N1)CC(=O)O. The van der Waals surface area contributed by atoms with Crippen molar-refractivity contribution < 1.29 is 14.7 Å². The van der Waals surface area contributed by atoms with Gasteiger partial charge in [-0.1, -0.05) is 19.8 Å². The van der Waals surface area contributed by atoms with Crippen molar-refractivity contribution in [3.63, 3.8) is 0 Å². The maximum absolute atomic E-state index is 11.1. The molecule has 0 aromatic rings. The second kappa shape index (κ2) is 7.14. The van der Waals surface area contributed by atoms with E-state index >= 15 is 0 Å². The minimum absolute atomic E-state index is 0.0844. The number of hydrogen-bond donors (Lipinski definition) is 3. The molecule has 17 heavy (non-hydrogen) atoms. The van der Waals surface area contributed by atoms with Crippen LogP contribution < -0.4 is 10.6 Å². The van der Waals surface area contributed by atoms with Gasteiger partial charge < -0.3 is 15.7 Å². The molecule has 1 aliphatic rings. The molecular formula is C12H22N2O3. The summed E-state index contributed by atoms with van der Waals surface area (Å²) in [6.07, 6.45) is 4.99. The summed E-state index contributed by atoms with van der Waals surface area (Å²) < 4.78 is 0. The molecule has 0 spiro atoms. The highest BCUT2D eigenvalue weighted by molar-refractivity contribution is 5.74. The Bertz CT molecular complexity index is 264. The zero-order valence-electron chi connectivity index (χ0n) is 10.4. The Kier molecular flexibility index (Phi) is 5.80. The van der Waals surface area contributed by atoms with E-state index in [0.29, 0.717) is 0 Å². The van der Waals surface area contributed by atoms with Gasteiger partial charge >= 0.3 is 12.0 Å². The molecule has 1 aliphatic heterocycles.